The quantitative estimate of drug-likeness (QED) is 0.319. The first-order chi connectivity index (χ1) is 10.2. The van der Waals surface area contributed by atoms with Crippen LogP contribution in [-0.2, 0) is 6.42 Å². The van der Waals surface area contributed by atoms with Crippen LogP contribution in [0, 0.1) is 0 Å². The molecular formula is C16H21N3OS. The molecule has 2 atom stereocenters. The van der Waals surface area contributed by atoms with Crippen LogP contribution in [0.3, 0.4) is 0 Å². The molecule has 0 aliphatic heterocycles. The normalized spacial score (nSPS) is 14.8. The molecule has 0 amide bonds. The molecule has 0 radical (unpaired) electrons. The van der Waals surface area contributed by atoms with Crippen molar-refractivity contribution in [3.63, 3.8) is 0 Å². The van der Waals surface area contributed by atoms with Gasteiger partial charge in [-0.1, -0.05) is 35.5 Å². The molecule has 0 aliphatic rings. The molecule has 0 aliphatic carbocycles. The smallest absolute Gasteiger partial charge is 0.147 e. The van der Waals surface area contributed by atoms with Crippen LogP contribution in [-0.4, -0.2) is 23.6 Å². The maximum absolute atomic E-state index is 8.98. The monoisotopic (exact) mass is 303 g/mol. The summed E-state index contributed by atoms with van der Waals surface area (Å²) in [6, 6.07) is 12.3. The zero-order chi connectivity index (χ0) is 15.1. The second-order valence-corrected chi connectivity index (χ2v) is 5.91. The van der Waals surface area contributed by atoms with Crippen LogP contribution in [0.4, 0.5) is 0 Å². The van der Waals surface area contributed by atoms with Crippen LogP contribution < -0.4 is 11.1 Å². The molecule has 2 aromatic rings. The van der Waals surface area contributed by atoms with Crippen molar-refractivity contribution in [2.24, 2.45) is 10.9 Å². The van der Waals surface area contributed by atoms with Crippen LogP contribution in [0.2, 0.25) is 0 Å². The highest BCUT2D eigenvalue weighted by molar-refractivity contribution is 7.07. The first-order valence-corrected chi connectivity index (χ1v) is 7.91. The first kappa shape index (κ1) is 15.5. The Morgan fingerprint density at radius 1 is 1.33 bits per heavy atom. The van der Waals surface area contributed by atoms with E-state index in [0.29, 0.717) is 12.6 Å². The van der Waals surface area contributed by atoms with Crippen LogP contribution >= 0.6 is 11.3 Å². The maximum atomic E-state index is 8.98. The average Bonchev–Trinajstić information content (AvgIpc) is 3.01. The Bertz CT molecular complexity index is 554. The van der Waals surface area contributed by atoms with E-state index in [9.17, 15) is 0 Å². The van der Waals surface area contributed by atoms with Crippen molar-refractivity contribution in [1.82, 2.24) is 5.32 Å². The Morgan fingerprint density at radius 3 is 2.71 bits per heavy atom. The molecule has 1 heterocycles. The van der Waals surface area contributed by atoms with Crippen molar-refractivity contribution in [2.45, 2.75) is 25.3 Å². The summed E-state index contributed by atoms with van der Waals surface area (Å²) in [6.07, 6.45) is 0.973. The van der Waals surface area contributed by atoms with Crippen LogP contribution in [0.25, 0.3) is 0 Å². The summed E-state index contributed by atoms with van der Waals surface area (Å²) < 4.78 is 0. The lowest BCUT2D eigenvalue weighted by molar-refractivity contribution is 0.315. The van der Waals surface area contributed by atoms with Gasteiger partial charge in [-0.15, -0.1) is 0 Å². The topological polar surface area (TPSA) is 70.6 Å². The number of rotatable bonds is 7. The van der Waals surface area contributed by atoms with Crippen molar-refractivity contribution in [1.29, 1.82) is 0 Å². The van der Waals surface area contributed by atoms with Gasteiger partial charge in [0.05, 0.1) is 5.92 Å². The summed E-state index contributed by atoms with van der Waals surface area (Å²) in [4.78, 5) is 0. The van der Waals surface area contributed by atoms with Crippen LogP contribution in [0.5, 0.6) is 0 Å². The fraction of sp³-hybridized carbons (Fsp3) is 0.312. The number of benzene rings is 1. The van der Waals surface area contributed by atoms with Gasteiger partial charge in [-0.25, -0.2) is 0 Å². The minimum Gasteiger partial charge on any atom is -0.409 e. The molecule has 1 aromatic heterocycles. The molecule has 2 rings (SSSR count). The fourth-order valence-corrected chi connectivity index (χ4v) is 2.98. The van der Waals surface area contributed by atoms with E-state index in [2.05, 4.69) is 34.2 Å². The Labute approximate surface area is 129 Å². The zero-order valence-corrected chi connectivity index (χ0v) is 12.9. The van der Waals surface area contributed by atoms with Crippen molar-refractivity contribution < 1.29 is 5.21 Å². The molecule has 112 valence electrons. The number of amidine groups is 1. The summed E-state index contributed by atoms with van der Waals surface area (Å²) in [5, 5.41) is 19.9. The molecular weight excluding hydrogens is 282 g/mol. The molecule has 5 heteroatoms. The molecule has 0 saturated heterocycles. The second-order valence-electron chi connectivity index (χ2n) is 5.13. The van der Waals surface area contributed by atoms with Gasteiger partial charge in [0.15, 0.2) is 0 Å². The number of oxime groups is 1. The van der Waals surface area contributed by atoms with Crippen molar-refractivity contribution in [3.05, 3.63) is 58.3 Å². The van der Waals surface area contributed by atoms with Gasteiger partial charge >= 0.3 is 0 Å². The largest absolute Gasteiger partial charge is 0.409 e. The third-order valence-electron chi connectivity index (χ3n) is 3.47. The van der Waals surface area contributed by atoms with Gasteiger partial charge < -0.3 is 16.3 Å². The molecule has 2 unspecified atom stereocenters. The van der Waals surface area contributed by atoms with Gasteiger partial charge in [-0.2, -0.15) is 11.3 Å². The molecule has 1 aromatic carbocycles. The van der Waals surface area contributed by atoms with Gasteiger partial charge in [-0.05, 0) is 41.3 Å². The summed E-state index contributed by atoms with van der Waals surface area (Å²) in [5.41, 5.74) is 8.21. The standard InChI is InChI=1S/C16H21N3OS/c1-12(9-13-7-8-21-11-13)18-10-15(16(17)19-20)14-5-3-2-4-6-14/h2-8,11-12,15,18,20H,9-10H2,1H3,(H2,17,19). The minimum atomic E-state index is -0.124. The molecule has 0 fully saturated rings. The van der Waals surface area contributed by atoms with Crippen molar-refractivity contribution in [2.75, 3.05) is 6.54 Å². The van der Waals surface area contributed by atoms with E-state index in [-0.39, 0.29) is 11.8 Å². The Morgan fingerprint density at radius 2 is 2.10 bits per heavy atom. The van der Waals surface area contributed by atoms with Crippen LogP contribution in [0.15, 0.2) is 52.3 Å². The molecule has 0 bridgehead atoms. The average molecular weight is 303 g/mol. The van der Waals surface area contributed by atoms with E-state index < -0.39 is 0 Å². The number of nitrogens with one attached hydrogen (secondary N) is 1. The lowest BCUT2D eigenvalue weighted by Gasteiger charge is -2.20. The highest BCUT2D eigenvalue weighted by Gasteiger charge is 2.17. The van der Waals surface area contributed by atoms with Gasteiger partial charge in [0, 0.05) is 12.6 Å². The van der Waals surface area contributed by atoms with E-state index in [1.807, 2.05) is 30.3 Å². The predicted molar refractivity (Wildman–Crippen MR) is 88.1 cm³/mol. The molecule has 0 saturated carbocycles. The Hall–Kier alpha value is -1.85. The summed E-state index contributed by atoms with van der Waals surface area (Å²) in [6.45, 7) is 2.79. The molecule has 21 heavy (non-hydrogen) atoms. The lowest BCUT2D eigenvalue weighted by atomic mass is 9.97. The van der Waals surface area contributed by atoms with Gasteiger partial charge in [0.1, 0.15) is 5.84 Å². The number of thiophene rings is 1. The summed E-state index contributed by atoms with van der Waals surface area (Å²) in [7, 11) is 0. The fourth-order valence-electron chi connectivity index (χ4n) is 2.30. The van der Waals surface area contributed by atoms with Crippen molar-refractivity contribution >= 4 is 17.2 Å². The van der Waals surface area contributed by atoms with Gasteiger partial charge in [0.2, 0.25) is 0 Å². The SMILES string of the molecule is CC(Cc1ccsc1)NCC(C(N)=NO)c1ccccc1. The minimum absolute atomic E-state index is 0.124. The van der Waals surface area contributed by atoms with E-state index in [4.69, 9.17) is 10.9 Å². The summed E-state index contributed by atoms with van der Waals surface area (Å²) in [5.74, 6) is 0.109. The number of hydrogen-bond donors (Lipinski definition) is 3. The zero-order valence-electron chi connectivity index (χ0n) is 12.1. The van der Waals surface area contributed by atoms with E-state index in [1.54, 1.807) is 11.3 Å². The molecule has 4 N–H and O–H groups in total. The van der Waals surface area contributed by atoms with Gasteiger partial charge in [-0.3, -0.25) is 0 Å². The number of nitrogens with zero attached hydrogens (tertiary/aromatic N) is 1. The predicted octanol–water partition coefficient (Wildman–Crippen LogP) is 2.80. The van der Waals surface area contributed by atoms with Crippen LogP contribution in [0.1, 0.15) is 24.0 Å². The highest BCUT2D eigenvalue weighted by Crippen LogP contribution is 2.15. The second kappa shape index (κ2) is 7.81. The lowest BCUT2D eigenvalue weighted by Crippen LogP contribution is -2.36. The maximum Gasteiger partial charge on any atom is 0.147 e. The Balaban J connectivity index is 1.96. The molecule has 0 spiro atoms. The first-order valence-electron chi connectivity index (χ1n) is 6.97. The van der Waals surface area contributed by atoms with Gasteiger partial charge in [0.25, 0.3) is 0 Å². The van der Waals surface area contributed by atoms with E-state index in [0.717, 1.165) is 12.0 Å². The summed E-state index contributed by atoms with van der Waals surface area (Å²) >= 11 is 1.71. The van der Waals surface area contributed by atoms with E-state index >= 15 is 0 Å². The number of nitrogens with two attached hydrogens (primary N) is 1. The van der Waals surface area contributed by atoms with Crippen molar-refractivity contribution in [3.8, 4) is 0 Å². The highest BCUT2D eigenvalue weighted by atomic mass is 32.1. The van der Waals surface area contributed by atoms with E-state index in [1.165, 1.54) is 5.56 Å². The Kier molecular flexibility index (Phi) is 5.78. The third-order valence-corrected chi connectivity index (χ3v) is 4.20. The number of hydrogen-bond acceptors (Lipinski definition) is 4. The molecule has 4 nitrogen and oxygen atoms in total. The third kappa shape index (κ3) is 4.58.